The number of hydrogen-bond donors (Lipinski definition) is 2. The molecule has 0 spiro atoms. The molecule has 2 unspecified atom stereocenters. The lowest BCUT2D eigenvalue weighted by molar-refractivity contribution is -0.145. The number of nitrogens with zero attached hydrogens (tertiary/aromatic N) is 3. The molecule has 2 atom stereocenters. The van der Waals surface area contributed by atoms with E-state index in [1.807, 2.05) is 37.5 Å². The Hall–Kier alpha value is -3.00. The van der Waals surface area contributed by atoms with Gasteiger partial charge in [0.1, 0.15) is 11.6 Å². The second-order valence-electron chi connectivity index (χ2n) is 12.5. The van der Waals surface area contributed by atoms with Crippen molar-refractivity contribution >= 4 is 22.6 Å². The largest absolute Gasteiger partial charge is 0.361 e. The molecule has 220 valence electrons. The highest BCUT2D eigenvalue weighted by molar-refractivity contribution is 6.00. The number of hydrogen-bond acceptors (Lipinski definition) is 5. The number of likely N-dealkylation sites (tertiary alicyclic amines) is 2. The number of aryl methyl sites for hydroxylation is 2. The topological polar surface area (TPSA) is 85.7 Å². The normalized spacial score (nSPS) is 19.7. The van der Waals surface area contributed by atoms with E-state index in [1.54, 1.807) is 4.90 Å². The highest BCUT2D eigenvalue weighted by Gasteiger charge is 2.51. The van der Waals surface area contributed by atoms with E-state index in [4.69, 9.17) is 5.73 Å². The van der Waals surface area contributed by atoms with E-state index in [9.17, 15) is 9.59 Å². The van der Waals surface area contributed by atoms with Crippen molar-refractivity contribution in [1.82, 2.24) is 19.7 Å². The molecule has 2 aliphatic heterocycles. The molecule has 3 aromatic rings. The summed E-state index contributed by atoms with van der Waals surface area (Å²) in [7, 11) is 1.84. The maximum Gasteiger partial charge on any atom is 0.242 e. The highest BCUT2D eigenvalue weighted by atomic mass is 16.2. The molecule has 2 saturated heterocycles. The second kappa shape index (κ2) is 12.1. The van der Waals surface area contributed by atoms with Crippen LogP contribution < -0.4 is 5.73 Å². The van der Waals surface area contributed by atoms with Crippen molar-refractivity contribution in [2.24, 2.45) is 5.73 Å². The Bertz CT molecular complexity index is 1380. The molecule has 2 aliphatic rings. The first-order valence-corrected chi connectivity index (χ1v) is 15.3. The van der Waals surface area contributed by atoms with Gasteiger partial charge in [-0.1, -0.05) is 36.8 Å². The van der Waals surface area contributed by atoms with Gasteiger partial charge in [-0.2, -0.15) is 0 Å². The lowest BCUT2D eigenvalue weighted by atomic mass is 9.77. The number of piperidine rings is 2. The van der Waals surface area contributed by atoms with Gasteiger partial charge in [-0.3, -0.25) is 14.5 Å². The molecule has 0 saturated carbocycles. The zero-order chi connectivity index (χ0) is 29.3. The predicted molar refractivity (Wildman–Crippen MR) is 166 cm³/mol. The number of aromatic amines is 1. The predicted octanol–water partition coefficient (Wildman–Crippen LogP) is 4.81. The van der Waals surface area contributed by atoms with Crippen LogP contribution in [0.25, 0.3) is 10.9 Å². The van der Waals surface area contributed by atoms with Gasteiger partial charge >= 0.3 is 0 Å². The number of carbonyl (C=O) groups excluding carboxylic acids is 2. The van der Waals surface area contributed by atoms with Gasteiger partial charge in [0.25, 0.3) is 0 Å². The van der Waals surface area contributed by atoms with Crippen LogP contribution in [0.3, 0.4) is 0 Å². The molecule has 0 bridgehead atoms. The Morgan fingerprint density at radius 3 is 2.29 bits per heavy atom. The summed E-state index contributed by atoms with van der Waals surface area (Å²) in [4.78, 5) is 38.2. The Labute approximate surface area is 245 Å². The number of Topliss-reactive ketones (excluding diaryl/α,β-unsaturated/α-hetero) is 1. The van der Waals surface area contributed by atoms with Crippen LogP contribution in [0.5, 0.6) is 0 Å². The van der Waals surface area contributed by atoms with Gasteiger partial charge in [-0.05, 0) is 94.8 Å². The maximum atomic E-state index is 14.6. The minimum atomic E-state index is -1.50. The minimum absolute atomic E-state index is 0.111. The van der Waals surface area contributed by atoms with Crippen molar-refractivity contribution in [3.63, 3.8) is 0 Å². The van der Waals surface area contributed by atoms with Crippen LogP contribution >= 0.6 is 0 Å². The Morgan fingerprint density at radius 2 is 1.66 bits per heavy atom. The smallest absolute Gasteiger partial charge is 0.242 e. The van der Waals surface area contributed by atoms with Crippen molar-refractivity contribution in [2.45, 2.75) is 84.0 Å². The number of amides is 1. The molecule has 2 fully saturated rings. The quantitative estimate of drug-likeness (QED) is 0.415. The van der Waals surface area contributed by atoms with Gasteiger partial charge in [0.15, 0.2) is 5.78 Å². The number of H-pyrrole nitrogens is 1. The van der Waals surface area contributed by atoms with E-state index in [1.165, 1.54) is 42.9 Å². The van der Waals surface area contributed by atoms with E-state index in [-0.39, 0.29) is 11.7 Å². The van der Waals surface area contributed by atoms with Crippen LogP contribution in [0, 0.1) is 20.8 Å². The molecule has 7 nitrogen and oxygen atoms in total. The average Bonchev–Trinajstić information content (AvgIpc) is 3.41. The molecule has 0 radical (unpaired) electrons. The zero-order valence-electron chi connectivity index (χ0n) is 25.5. The van der Waals surface area contributed by atoms with Crippen LogP contribution in [0.1, 0.15) is 66.8 Å². The van der Waals surface area contributed by atoms with E-state index >= 15 is 0 Å². The number of rotatable bonds is 8. The standard InChI is InChI=1S/C34H47N5O2/c1-23-19-27(20-24(2)25(23)3)22-37(5)33(41)32(39-17-13-28(14-18-39)38-15-9-6-10-16-38)34(35,26(4)40)30-21-36-31-12-8-7-11-29(30)31/h7-8,11-12,19-21,28,32,36H,6,9-10,13-18,22,35H2,1-5H3. The van der Waals surface area contributed by atoms with E-state index in [2.05, 4.69) is 47.7 Å². The Morgan fingerprint density at radius 1 is 1.02 bits per heavy atom. The fourth-order valence-electron chi connectivity index (χ4n) is 7.15. The van der Waals surface area contributed by atoms with Crippen molar-refractivity contribution in [1.29, 1.82) is 0 Å². The summed E-state index contributed by atoms with van der Waals surface area (Å²) in [6, 6.07) is 11.9. The van der Waals surface area contributed by atoms with Crippen molar-refractivity contribution in [2.75, 3.05) is 33.2 Å². The van der Waals surface area contributed by atoms with Crippen molar-refractivity contribution < 1.29 is 9.59 Å². The molecule has 1 amide bonds. The van der Waals surface area contributed by atoms with E-state index in [0.29, 0.717) is 18.2 Å². The fraction of sp³-hybridized carbons (Fsp3) is 0.529. The minimum Gasteiger partial charge on any atom is -0.361 e. The molecule has 5 rings (SSSR count). The average molecular weight is 558 g/mol. The molecule has 0 aliphatic carbocycles. The Kier molecular flexibility index (Phi) is 8.69. The fourth-order valence-corrected chi connectivity index (χ4v) is 7.15. The lowest BCUT2D eigenvalue weighted by Crippen LogP contribution is -2.67. The zero-order valence-corrected chi connectivity index (χ0v) is 25.5. The number of aromatic nitrogens is 1. The van der Waals surface area contributed by atoms with Crippen LogP contribution in [-0.4, -0.2) is 76.7 Å². The number of nitrogens with one attached hydrogen (secondary N) is 1. The summed E-state index contributed by atoms with van der Waals surface area (Å²) < 4.78 is 0. The van der Waals surface area contributed by atoms with Crippen LogP contribution in [0.15, 0.2) is 42.6 Å². The van der Waals surface area contributed by atoms with Crippen LogP contribution in [0.2, 0.25) is 0 Å². The first-order chi connectivity index (χ1) is 19.6. The summed E-state index contributed by atoms with van der Waals surface area (Å²) in [5.41, 5.74) is 12.1. The third-order valence-corrected chi connectivity index (χ3v) is 9.84. The number of para-hydroxylation sites is 1. The van der Waals surface area contributed by atoms with E-state index < -0.39 is 11.6 Å². The summed E-state index contributed by atoms with van der Waals surface area (Å²) in [6.45, 7) is 12.2. The molecular weight excluding hydrogens is 510 g/mol. The number of likely N-dealkylation sites (N-methyl/N-ethyl adjacent to an activating group) is 1. The summed E-state index contributed by atoms with van der Waals surface area (Å²) in [5, 5.41) is 0.888. The molecule has 1 aromatic heterocycles. The van der Waals surface area contributed by atoms with Gasteiger partial charge in [-0.25, -0.2) is 0 Å². The van der Waals surface area contributed by atoms with Gasteiger partial charge in [0.05, 0.1) is 0 Å². The molecule has 3 heterocycles. The summed E-state index contributed by atoms with van der Waals surface area (Å²) >= 11 is 0. The Balaban J connectivity index is 1.50. The van der Waals surface area contributed by atoms with Crippen molar-refractivity contribution in [3.05, 3.63) is 70.4 Å². The summed E-state index contributed by atoms with van der Waals surface area (Å²) in [5.74, 6) is -0.311. The first kappa shape index (κ1) is 29.5. The highest BCUT2D eigenvalue weighted by Crippen LogP contribution is 2.36. The van der Waals surface area contributed by atoms with Gasteiger partial charge in [0, 0.05) is 55.4 Å². The van der Waals surface area contributed by atoms with Gasteiger partial charge in [0.2, 0.25) is 5.91 Å². The lowest BCUT2D eigenvalue weighted by Gasteiger charge is -2.47. The number of nitrogens with two attached hydrogens (primary N) is 1. The van der Waals surface area contributed by atoms with Crippen LogP contribution in [-0.2, 0) is 21.7 Å². The second-order valence-corrected chi connectivity index (χ2v) is 12.5. The van der Waals surface area contributed by atoms with Gasteiger partial charge in [-0.15, -0.1) is 0 Å². The summed E-state index contributed by atoms with van der Waals surface area (Å²) in [6.07, 6.45) is 7.63. The molecule has 41 heavy (non-hydrogen) atoms. The third-order valence-electron chi connectivity index (χ3n) is 9.84. The molecular formula is C34H47N5O2. The number of benzene rings is 2. The van der Waals surface area contributed by atoms with Gasteiger partial charge < -0.3 is 20.5 Å². The van der Waals surface area contributed by atoms with E-state index in [0.717, 1.165) is 55.5 Å². The molecule has 7 heteroatoms. The SMILES string of the molecule is CC(=O)C(N)(c1c[nH]c2ccccc12)C(C(=O)N(C)Cc1cc(C)c(C)c(C)c1)N1CCC(N2CCCCC2)CC1. The first-order valence-electron chi connectivity index (χ1n) is 15.3. The third kappa shape index (κ3) is 5.72. The maximum absolute atomic E-state index is 14.6. The van der Waals surface area contributed by atoms with Crippen LogP contribution in [0.4, 0.5) is 0 Å². The number of carbonyl (C=O) groups is 2. The molecule has 3 N–H and O–H groups in total. The molecule has 2 aromatic carbocycles. The van der Waals surface area contributed by atoms with Crippen molar-refractivity contribution in [3.8, 4) is 0 Å². The monoisotopic (exact) mass is 557 g/mol. The number of fused-ring (bicyclic) bond motifs is 1. The number of ketones is 1.